The average Bonchev–Trinajstić information content (AvgIpc) is 2.83. The highest BCUT2D eigenvalue weighted by molar-refractivity contribution is 5.99. The molecule has 0 heterocycles. The van der Waals surface area contributed by atoms with Crippen molar-refractivity contribution >= 4 is 17.6 Å². The number of carbonyl (C=O) groups is 2. The van der Waals surface area contributed by atoms with Crippen LogP contribution in [0, 0.1) is 18.3 Å². The van der Waals surface area contributed by atoms with Crippen LogP contribution >= 0.6 is 0 Å². The number of aryl methyl sites for hydroxylation is 1. The summed E-state index contributed by atoms with van der Waals surface area (Å²) in [5.41, 5.74) is 7.60. The number of carbonyl (C=O) groups excluding carboxylic acids is 1. The van der Waals surface area contributed by atoms with Gasteiger partial charge in [-0.2, -0.15) is 5.26 Å². The molecular formula is C27H27N3O4. The Morgan fingerprint density at radius 3 is 2.32 bits per heavy atom. The van der Waals surface area contributed by atoms with Crippen molar-refractivity contribution < 1.29 is 19.4 Å². The van der Waals surface area contributed by atoms with Crippen LogP contribution in [0.15, 0.2) is 78.9 Å². The van der Waals surface area contributed by atoms with Crippen LogP contribution in [-0.4, -0.2) is 29.6 Å². The van der Waals surface area contributed by atoms with E-state index in [-0.39, 0.29) is 12.3 Å². The van der Waals surface area contributed by atoms with Crippen LogP contribution in [0.3, 0.4) is 0 Å². The van der Waals surface area contributed by atoms with E-state index >= 15 is 0 Å². The molecule has 0 unspecified atom stereocenters. The second-order valence-electron chi connectivity index (χ2n) is 8.14. The van der Waals surface area contributed by atoms with Gasteiger partial charge in [-0.3, -0.25) is 9.69 Å². The Balaban J connectivity index is 2.15. The topological polar surface area (TPSA) is 117 Å². The molecule has 3 aromatic rings. The van der Waals surface area contributed by atoms with Crippen molar-refractivity contribution in [3.63, 3.8) is 0 Å². The largest absolute Gasteiger partial charge is 0.482 e. The third-order valence-corrected chi connectivity index (χ3v) is 5.43. The number of hydrogen-bond acceptors (Lipinski definition) is 5. The number of carboxylic acids is 1. The molecule has 174 valence electrons. The Morgan fingerprint density at radius 2 is 1.76 bits per heavy atom. The number of ether oxygens (including phenoxy) is 1. The Hall–Kier alpha value is -4.15. The second kappa shape index (κ2) is 10.6. The van der Waals surface area contributed by atoms with E-state index in [2.05, 4.69) is 6.07 Å². The highest BCUT2D eigenvalue weighted by Gasteiger charge is 2.44. The molecule has 2 atom stereocenters. The van der Waals surface area contributed by atoms with Crippen LogP contribution in [0.2, 0.25) is 0 Å². The summed E-state index contributed by atoms with van der Waals surface area (Å²) in [6.45, 7) is 3.08. The van der Waals surface area contributed by atoms with Gasteiger partial charge >= 0.3 is 5.97 Å². The van der Waals surface area contributed by atoms with Gasteiger partial charge in [0.25, 0.3) is 0 Å². The summed E-state index contributed by atoms with van der Waals surface area (Å²) in [5.74, 6) is -1.05. The van der Waals surface area contributed by atoms with Gasteiger partial charge < -0.3 is 15.6 Å². The molecule has 3 aromatic carbocycles. The van der Waals surface area contributed by atoms with Gasteiger partial charge in [-0.05, 0) is 49.2 Å². The number of amides is 1. The van der Waals surface area contributed by atoms with Gasteiger partial charge in [0.15, 0.2) is 12.1 Å². The normalized spacial score (nSPS) is 13.2. The first-order valence-corrected chi connectivity index (χ1v) is 10.8. The monoisotopic (exact) mass is 457 g/mol. The van der Waals surface area contributed by atoms with Crippen LogP contribution in [0.4, 0.5) is 5.69 Å². The van der Waals surface area contributed by atoms with Gasteiger partial charge in [0.1, 0.15) is 5.75 Å². The molecule has 0 fully saturated rings. The Bertz CT molecular complexity index is 1190. The molecule has 0 saturated carbocycles. The molecule has 0 saturated heterocycles. The Labute approximate surface area is 199 Å². The summed E-state index contributed by atoms with van der Waals surface area (Å²) >= 11 is 0. The summed E-state index contributed by atoms with van der Waals surface area (Å²) in [5, 5.41) is 19.5. The molecule has 7 heteroatoms. The van der Waals surface area contributed by atoms with Crippen molar-refractivity contribution in [3.8, 4) is 11.8 Å². The number of nitriles is 1. The summed E-state index contributed by atoms with van der Waals surface area (Å²) in [6.07, 6.45) is 0.180. The first-order valence-electron chi connectivity index (χ1n) is 10.8. The predicted molar refractivity (Wildman–Crippen MR) is 129 cm³/mol. The van der Waals surface area contributed by atoms with Gasteiger partial charge in [0, 0.05) is 12.1 Å². The molecular weight excluding hydrogens is 430 g/mol. The third-order valence-electron chi connectivity index (χ3n) is 5.43. The van der Waals surface area contributed by atoms with E-state index in [0.29, 0.717) is 17.0 Å². The standard InChI is InChI=1S/C27H27N3O4/c1-19-7-6-8-22(15-19)27(18-28,16-21-11-13-24(14-12-21)34-17-25(31)32)30(26(33)20(2)29)23-9-4-3-5-10-23/h3-15,20H,16-17,29H2,1-2H3,(H,31,32)/t20-,27+/m0/s1. The zero-order valence-electron chi connectivity index (χ0n) is 19.1. The first kappa shape index (κ1) is 24.5. The summed E-state index contributed by atoms with van der Waals surface area (Å²) < 4.78 is 5.22. The fourth-order valence-corrected chi connectivity index (χ4v) is 3.83. The highest BCUT2D eigenvalue weighted by atomic mass is 16.5. The number of carboxylic acid groups (broad SMARTS) is 1. The van der Waals surface area contributed by atoms with Gasteiger partial charge in [0.2, 0.25) is 5.91 Å². The quantitative estimate of drug-likeness (QED) is 0.505. The minimum absolute atomic E-state index is 0.180. The minimum Gasteiger partial charge on any atom is -0.482 e. The number of para-hydroxylation sites is 1. The van der Waals surface area contributed by atoms with E-state index < -0.39 is 24.2 Å². The zero-order chi connectivity index (χ0) is 24.7. The Morgan fingerprint density at radius 1 is 1.09 bits per heavy atom. The van der Waals surface area contributed by atoms with E-state index in [9.17, 15) is 14.9 Å². The molecule has 34 heavy (non-hydrogen) atoms. The minimum atomic E-state index is -1.39. The fourth-order valence-electron chi connectivity index (χ4n) is 3.83. The smallest absolute Gasteiger partial charge is 0.341 e. The van der Waals surface area contributed by atoms with Crippen molar-refractivity contribution in [1.82, 2.24) is 0 Å². The van der Waals surface area contributed by atoms with Gasteiger partial charge in [-0.25, -0.2) is 4.79 Å². The summed E-state index contributed by atoms with van der Waals surface area (Å²) in [7, 11) is 0. The van der Waals surface area contributed by atoms with E-state index in [1.807, 2.05) is 49.4 Å². The van der Waals surface area contributed by atoms with Crippen molar-refractivity contribution in [2.24, 2.45) is 5.73 Å². The molecule has 0 radical (unpaired) electrons. The summed E-state index contributed by atoms with van der Waals surface area (Å²) in [4.78, 5) is 25.7. The average molecular weight is 458 g/mol. The van der Waals surface area contributed by atoms with Crippen LogP contribution < -0.4 is 15.4 Å². The summed E-state index contributed by atoms with van der Waals surface area (Å²) in [6, 6.07) is 25.0. The van der Waals surface area contributed by atoms with Crippen molar-refractivity contribution in [1.29, 1.82) is 5.26 Å². The van der Waals surface area contributed by atoms with Crippen LogP contribution in [0.25, 0.3) is 0 Å². The highest BCUT2D eigenvalue weighted by Crippen LogP contribution is 2.37. The Kier molecular flexibility index (Phi) is 7.67. The van der Waals surface area contributed by atoms with Crippen molar-refractivity contribution in [3.05, 3.63) is 95.6 Å². The van der Waals surface area contributed by atoms with E-state index in [1.54, 1.807) is 43.3 Å². The van der Waals surface area contributed by atoms with Gasteiger partial charge in [0.05, 0.1) is 12.1 Å². The predicted octanol–water partition coefficient (Wildman–Crippen LogP) is 3.80. The zero-order valence-corrected chi connectivity index (χ0v) is 19.1. The molecule has 0 spiro atoms. The number of hydrogen-bond donors (Lipinski definition) is 2. The van der Waals surface area contributed by atoms with Gasteiger partial charge in [-0.1, -0.05) is 60.2 Å². The number of aliphatic carboxylic acids is 1. The van der Waals surface area contributed by atoms with E-state index in [1.165, 1.54) is 4.90 Å². The van der Waals surface area contributed by atoms with Crippen LogP contribution in [0.1, 0.15) is 23.6 Å². The van der Waals surface area contributed by atoms with Gasteiger partial charge in [-0.15, -0.1) is 0 Å². The maximum atomic E-state index is 13.5. The molecule has 0 aliphatic heterocycles. The maximum Gasteiger partial charge on any atom is 0.341 e. The van der Waals surface area contributed by atoms with Crippen molar-refractivity contribution in [2.45, 2.75) is 31.8 Å². The number of nitrogens with two attached hydrogens (primary N) is 1. The number of rotatable bonds is 9. The maximum absolute atomic E-state index is 13.5. The molecule has 0 aliphatic carbocycles. The lowest BCUT2D eigenvalue weighted by Gasteiger charge is -2.40. The molecule has 1 amide bonds. The molecule has 0 bridgehead atoms. The lowest BCUT2D eigenvalue weighted by atomic mass is 9.81. The second-order valence-corrected chi connectivity index (χ2v) is 8.14. The third kappa shape index (κ3) is 5.42. The number of nitrogens with zero attached hydrogens (tertiary/aromatic N) is 2. The molecule has 0 aliphatic rings. The van der Waals surface area contributed by atoms with Crippen molar-refractivity contribution in [2.75, 3.05) is 11.5 Å². The lowest BCUT2D eigenvalue weighted by Crippen LogP contribution is -2.55. The van der Waals surface area contributed by atoms with Crippen LogP contribution in [0.5, 0.6) is 5.75 Å². The number of benzene rings is 3. The molecule has 3 N–H and O–H groups in total. The first-order chi connectivity index (χ1) is 16.3. The fraction of sp³-hybridized carbons (Fsp3) is 0.222. The molecule has 3 rings (SSSR count). The SMILES string of the molecule is Cc1cccc([C@](C#N)(Cc2ccc(OCC(=O)O)cc2)N(C(=O)[C@H](C)N)c2ccccc2)c1. The molecule has 0 aromatic heterocycles. The number of anilines is 1. The van der Waals surface area contributed by atoms with E-state index in [4.69, 9.17) is 15.6 Å². The van der Waals surface area contributed by atoms with E-state index in [0.717, 1.165) is 11.1 Å². The molecule has 7 nitrogen and oxygen atoms in total. The van der Waals surface area contributed by atoms with Crippen LogP contribution in [-0.2, 0) is 21.5 Å². The lowest BCUT2D eigenvalue weighted by molar-refractivity contribution is -0.139.